The number of amides is 1. The Hall–Kier alpha value is -3.24. The monoisotopic (exact) mass is 512 g/mol. The molecule has 0 saturated carbocycles. The van der Waals surface area contributed by atoms with E-state index in [9.17, 15) is 9.59 Å². The first-order valence-corrected chi connectivity index (χ1v) is 11.4. The zero-order valence-electron chi connectivity index (χ0n) is 17.4. The van der Waals surface area contributed by atoms with Crippen LogP contribution in [0, 0.1) is 0 Å². The van der Waals surface area contributed by atoms with Gasteiger partial charge in [-0.3, -0.25) is 9.59 Å². The Labute approximate surface area is 194 Å². The molecule has 3 heterocycles. The first-order valence-electron chi connectivity index (χ1n) is 9.74. The number of aromatic nitrogens is 3. The van der Waals surface area contributed by atoms with Gasteiger partial charge in [-0.25, -0.2) is 0 Å². The molecule has 0 atom stereocenters. The highest BCUT2D eigenvalue weighted by atomic mass is 79.9. The van der Waals surface area contributed by atoms with Gasteiger partial charge in [-0.1, -0.05) is 27.3 Å². The first kappa shape index (κ1) is 20.7. The average molecular weight is 513 g/mol. The molecule has 0 N–H and O–H groups in total. The maximum absolute atomic E-state index is 13.2. The second-order valence-electron chi connectivity index (χ2n) is 7.02. The number of hydrogen-bond acceptors (Lipinski definition) is 7. The van der Waals surface area contributed by atoms with Gasteiger partial charge in [0.15, 0.2) is 17.3 Å². The van der Waals surface area contributed by atoms with E-state index in [0.29, 0.717) is 44.5 Å². The minimum Gasteiger partial charge on any atom is -0.493 e. The van der Waals surface area contributed by atoms with Crippen molar-refractivity contribution in [3.05, 3.63) is 61.3 Å². The van der Waals surface area contributed by atoms with E-state index in [1.54, 1.807) is 37.3 Å². The molecule has 0 aliphatic carbocycles. The van der Waals surface area contributed by atoms with Gasteiger partial charge in [0.1, 0.15) is 4.53 Å². The van der Waals surface area contributed by atoms with Gasteiger partial charge in [-0.05, 0) is 43.3 Å². The number of likely N-dealkylation sites (N-methyl/N-ethyl adjacent to an activating group) is 1. The number of benzene rings is 2. The minimum atomic E-state index is -0.364. The quantitative estimate of drug-likeness (QED) is 0.417. The lowest BCUT2D eigenvalue weighted by Gasteiger charge is -2.13. The van der Waals surface area contributed by atoms with E-state index in [1.807, 2.05) is 25.1 Å². The van der Waals surface area contributed by atoms with Crippen LogP contribution in [-0.2, 0) is 4.79 Å². The summed E-state index contributed by atoms with van der Waals surface area (Å²) in [4.78, 5) is 33.0. The standard InChI is InChI=1S/C22H17BrN4O4S/c1-4-26-14-7-6-12(23)10-13(14)17(20(26)28)18-21(29)27-22(32-18)24-19(25-27)11-5-8-15(30-2)16(9-11)31-3/h5-10H,4H2,1-3H3/b18-17-. The minimum absolute atomic E-state index is 0.192. The number of thiazole rings is 1. The fourth-order valence-electron chi connectivity index (χ4n) is 3.82. The van der Waals surface area contributed by atoms with Crippen molar-refractivity contribution in [2.45, 2.75) is 6.92 Å². The maximum atomic E-state index is 13.2. The molecule has 0 spiro atoms. The summed E-state index contributed by atoms with van der Waals surface area (Å²) in [7, 11) is 3.11. The summed E-state index contributed by atoms with van der Waals surface area (Å²) in [5.74, 6) is 1.33. The number of fused-ring (bicyclic) bond motifs is 2. The Morgan fingerprint density at radius 2 is 1.84 bits per heavy atom. The fraction of sp³-hybridized carbons (Fsp3) is 0.182. The third kappa shape index (κ3) is 3.01. The Morgan fingerprint density at radius 3 is 2.53 bits per heavy atom. The predicted molar refractivity (Wildman–Crippen MR) is 126 cm³/mol. The molecule has 4 aromatic rings. The van der Waals surface area contributed by atoms with Gasteiger partial charge in [0, 0.05) is 22.1 Å². The van der Waals surface area contributed by atoms with Crippen molar-refractivity contribution < 1.29 is 14.3 Å². The molecule has 2 aromatic carbocycles. The highest BCUT2D eigenvalue weighted by Gasteiger charge is 2.33. The lowest BCUT2D eigenvalue weighted by Crippen LogP contribution is -2.32. The van der Waals surface area contributed by atoms with Crippen molar-refractivity contribution in [3.8, 4) is 22.9 Å². The van der Waals surface area contributed by atoms with Crippen LogP contribution in [0.3, 0.4) is 0 Å². The van der Waals surface area contributed by atoms with Crippen LogP contribution >= 0.6 is 27.3 Å². The highest BCUT2D eigenvalue weighted by molar-refractivity contribution is 9.10. The van der Waals surface area contributed by atoms with Crippen LogP contribution in [0.25, 0.3) is 21.9 Å². The number of nitrogens with zero attached hydrogens (tertiary/aromatic N) is 4. The zero-order chi connectivity index (χ0) is 22.6. The largest absolute Gasteiger partial charge is 0.493 e. The summed E-state index contributed by atoms with van der Waals surface area (Å²) in [5, 5.41) is 4.40. The van der Waals surface area contributed by atoms with Crippen LogP contribution in [0.1, 0.15) is 12.5 Å². The lowest BCUT2D eigenvalue weighted by atomic mass is 10.1. The van der Waals surface area contributed by atoms with Crippen molar-refractivity contribution in [3.63, 3.8) is 0 Å². The van der Waals surface area contributed by atoms with Crippen LogP contribution in [0.4, 0.5) is 5.69 Å². The van der Waals surface area contributed by atoms with Crippen LogP contribution in [0.15, 0.2) is 45.7 Å². The Bertz CT molecular complexity index is 1510. The fourth-order valence-corrected chi connectivity index (χ4v) is 5.18. The SMILES string of the molecule is CCN1C(=O)/C(=c2\sc3nc(-c4ccc(OC)c(OC)c4)nn3c2=O)c2cc(Br)ccc21. The predicted octanol–water partition coefficient (Wildman–Crippen LogP) is 2.88. The molecule has 1 aliphatic heterocycles. The van der Waals surface area contributed by atoms with Gasteiger partial charge >= 0.3 is 0 Å². The van der Waals surface area contributed by atoms with Crippen molar-refractivity contribution in [2.75, 3.05) is 25.7 Å². The summed E-state index contributed by atoms with van der Waals surface area (Å²) in [6, 6.07) is 10.9. The Kier molecular flexibility index (Phi) is 4.98. The van der Waals surface area contributed by atoms with E-state index in [4.69, 9.17) is 9.47 Å². The number of rotatable bonds is 4. The van der Waals surface area contributed by atoms with E-state index < -0.39 is 0 Å². The van der Waals surface area contributed by atoms with Crippen molar-refractivity contribution in [1.82, 2.24) is 14.6 Å². The van der Waals surface area contributed by atoms with Crippen LogP contribution in [-0.4, -0.2) is 41.3 Å². The van der Waals surface area contributed by atoms with E-state index >= 15 is 0 Å². The summed E-state index contributed by atoms with van der Waals surface area (Å²) in [6.45, 7) is 2.42. The molecule has 8 nitrogen and oxygen atoms in total. The number of hydrogen-bond donors (Lipinski definition) is 0. The smallest absolute Gasteiger partial charge is 0.291 e. The van der Waals surface area contributed by atoms with E-state index in [0.717, 1.165) is 27.1 Å². The van der Waals surface area contributed by atoms with Gasteiger partial charge in [0.25, 0.3) is 11.5 Å². The van der Waals surface area contributed by atoms with E-state index in [-0.39, 0.29) is 11.5 Å². The average Bonchev–Trinajstić information content (AvgIpc) is 3.43. The third-order valence-electron chi connectivity index (χ3n) is 5.32. The molecule has 0 radical (unpaired) electrons. The third-order valence-corrected chi connectivity index (χ3v) is 6.84. The van der Waals surface area contributed by atoms with Gasteiger partial charge in [0.05, 0.1) is 25.5 Å². The molecule has 162 valence electrons. The first-order chi connectivity index (χ1) is 15.5. The van der Waals surface area contributed by atoms with Gasteiger partial charge in [0.2, 0.25) is 4.96 Å². The molecule has 0 unspecified atom stereocenters. The summed E-state index contributed by atoms with van der Waals surface area (Å²) in [6.07, 6.45) is 0. The van der Waals surface area contributed by atoms with E-state index in [2.05, 4.69) is 26.0 Å². The molecule has 2 aromatic heterocycles. The summed E-state index contributed by atoms with van der Waals surface area (Å²) in [5.41, 5.74) is 2.23. The van der Waals surface area contributed by atoms with Crippen molar-refractivity contribution in [1.29, 1.82) is 0 Å². The molecular weight excluding hydrogens is 496 g/mol. The van der Waals surface area contributed by atoms with Crippen LogP contribution in [0.2, 0.25) is 0 Å². The summed E-state index contributed by atoms with van der Waals surface area (Å²) < 4.78 is 13.0. The molecule has 1 amide bonds. The molecular formula is C22H17BrN4O4S. The number of carbonyl (C=O) groups excluding carboxylic acids is 1. The molecule has 0 bridgehead atoms. The second-order valence-corrected chi connectivity index (χ2v) is 8.91. The number of anilines is 1. The number of halogens is 1. The number of carbonyl (C=O) groups is 1. The van der Waals surface area contributed by atoms with Crippen LogP contribution < -0.4 is 24.5 Å². The molecule has 0 fully saturated rings. The van der Waals surface area contributed by atoms with E-state index in [1.165, 1.54) is 4.52 Å². The van der Waals surface area contributed by atoms with Crippen molar-refractivity contribution in [2.24, 2.45) is 0 Å². The van der Waals surface area contributed by atoms with Gasteiger partial charge < -0.3 is 14.4 Å². The molecule has 10 heteroatoms. The van der Waals surface area contributed by atoms with Gasteiger partial charge in [-0.15, -0.1) is 5.10 Å². The highest BCUT2D eigenvalue weighted by Crippen LogP contribution is 2.37. The lowest BCUT2D eigenvalue weighted by molar-refractivity contribution is -0.113. The molecule has 0 saturated heterocycles. The molecule has 1 aliphatic rings. The Balaban J connectivity index is 1.69. The summed E-state index contributed by atoms with van der Waals surface area (Å²) >= 11 is 4.62. The zero-order valence-corrected chi connectivity index (χ0v) is 19.8. The van der Waals surface area contributed by atoms with Gasteiger partial charge in [-0.2, -0.15) is 9.50 Å². The Morgan fingerprint density at radius 1 is 1.06 bits per heavy atom. The topological polar surface area (TPSA) is 86.0 Å². The molecule has 32 heavy (non-hydrogen) atoms. The maximum Gasteiger partial charge on any atom is 0.291 e. The van der Waals surface area contributed by atoms with Crippen LogP contribution in [0.5, 0.6) is 11.5 Å². The second kappa shape index (κ2) is 7.72. The number of methoxy groups -OCH3 is 2. The number of ether oxygens (including phenoxy) is 2. The molecule has 5 rings (SSSR count). The normalized spacial score (nSPS) is 14.9. The van der Waals surface area contributed by atoms with Crippen molar-refractivity contribution >= 4 is 49.4 Å².